The third-order valence-electron chi connectivity index (χ3n) is 5.87. The molecule has 0 aromatic heterocycles. The lowest BCUT2D eigenvalue weighted by molar-refractivity contribution is -0.116. The van der Waals surface area contributed by atoms with E-state index in [0.29, 0.717) is 13.0 Å². The average Bonchev–Trinajstić information content (AvgIpc) is 2.75. The van der Waals surface area contributed by atoms with Crippen LogP contribution in [0.2, 0.25) is 0 Å². The molecule has 0 radical (unpaired) electrons. The molecule has 1 aliphatic heterocycles. The summed E-state index contributed by atoms with van der Waals surface area (Å²) in [6, 6.07) is 16.1. The fourth-order valence-corrected chi connectivity index (χ4v) is 4.57. The molecular formula is C25H28N2O2S. The van der Waals surface area contributed by atoms with Crippen molar-refractivity contribution in [1.29, 1.82) is 0 Å². The molecule has 1 aliphatic carbocycles. The average molecular weight is 421 g/mol. The number of benzene rings is 2. The molecule has 2 aromatic rings. The maximum absolute atomic E-state index is 12.8. The summed E-state index contributed by atoms with van der Waals surface area (Å²) in [5, 5.41) is 4.14. The molecule has 0 amide bonds. The molecule has 2 aliphatic rings. The highest BCUT2D eigenvalue weighted by Gasteiger charge is 2.36. The van der Waals surface area contributed by atoms with Gasteiger partial charge in [-0.15, -0.1) is 0 Å². The van der Waals surface area contributed by atoms with Crippen LogP contribution in [0, 0.1) is 6.92 Å². The van der Waals surface area contributed by atoms with E-state index in [1.54, 1.807) is 0 Å². The Labute approximate surface area is 183 Å². The van der Waals surface area contributed by atoms with E-state index in [1.165, 1.54) is 11.1 Å². The maximum Gasteiger partial charge on any atom is 0.173 e. The van der Waals surface area contributed by atoms with Crippen molar-refractivity contribution in [2.24, 2.45) is 0 Å². The van der Waals surface area contributed by atoms with Crippen LogP contribution >= 0.6 is 12.2 Å². The Bertz CT molecular complexity index is 981. The van der Waals surface area contributed by atoms with Crippen molar-refractivity contribution in [3.63, 3.8) is 0 Å². The molecule has 0 bridgehead atoms. The maximum atomic E-state index is 12.8. The van der Waals surface area contributed by atoms with Gasteiger partial charge in [0.25, 0.3) is 0 Å². The predicted molar refractivity (Wildman–Crippen MR) is 123 cm³/mol. The first kappa shape index (κ1) is 20.6. The number of rotatable bonds is 6. The Balaban J connectivity index is 1.56. The van der Waals surface area contributed by atoms with Crippen LogP contribution in [0.3, 0.4) is 0 Å². The third-order valence-corrected chi connectivity index (χ3v) is 6.21. The summed E-state index contributed by atoms with van der Waals surface area (Å²) in [6.07, 6.45) is 3.42. The summed E-state index contributed by atoms with van der Waals surface area (Å²) in [5.74, 6) is 1.05. The quantitative estimate of drug-likeness (QED) is 0.649. The van der Waals surface area contributed by atoms with Crippen molar-refractivity contribution in [3.8, 4) is 5.75 Å². The summed E-state index contributed by atoms with van der Waals surface area (Å²) in [7, 11) is 0. The van der Waals surface area contributed by atoms with Crippen LogP contribution in [0.25, 0.3) is 0 Å². The van der Waals surface area contributed by atoms with Gasteiger partial charge in [0.05, 0.1) is 6.04 Å². The molecule has 1 heterocycles. The second-order valence-corrected chi connectivity index (χ2v) is 8.34. The Hall–Kier alpha value is -2.66. The fraction of sp³-hybridized carbons (Fsp3) is 0.360. The fourth-order valence-electron chi connectivity index (χ4n) is 4.25. The highest BCUT2D eigenvalue weighted by molar-refractivity contribution is 7.80. The van der Waals surface area contributed by atoms with Crippen molar-refractivity contribution in [3.05, 3.63) is 76.5 Å². The van der Waals surface area contributed by atoms with E-state index < -0.39 is 0 Å². The van der Waals surface area contributed by atoms with Gasteiger partial charge < -0.3 is 15.0 Å². The number of thiocarbonyl (C=S) groups is 1. The van der Waals surface area contributed by atoms with Gasteiger partial charge in [-0.05, 0) is 67.2 Å². The monoisotopic (exact) mass is 420 g/mol. The molecule has 1 atom stereocenters. The second kappa shape index (κ2) is 9.00. The van der Waals surface area contributed by atoms with Gasteiger partial charge in [0.2, 0.25) is 0 Å². The van der Waals surface area contributed by atoms with Crippen molar-refractivity contribution in [2.45, 2.75) is 52.2 Å². The summed E-state index contributed by atoms with van der Waals surface area (Å²) >= 11 is 5.65. The smallest absolute Gasteiger partial charge is 0.173 e. The van der Waals surface area contributed by atoms with Crippen molar-refractivity contribution >= 4 is 23.1 Å². The number of hydrogen-bond acceptors (Lipinski definition) is 3. The molecule has 2 aromatic carbocycles. The number of Topliss-reactive ketones (excluding diaryl/α,β-unsaturated/α-hetero) is 1. The van der Waals surface area contributed by atoms with E-state index in [-0.39, 0.29) is 11.8 Å². The Morgan fingerprint density at radius 3 is 2.63 bits per heavy atom. The van der Waals surface area contributed by atoms with Gasteiger partial charge >= 0.3 is 0 Å². The van der Waals surface area contributed by atoms with Crippen LogP contribution in [-0.4, -0.2) is 22.3 Å². The lowest BCUT2D eigenvalue weighted by atomic mass is 9.85. The number of carbonyl (C=O) groups is 1. The van der Waals surface area contributed by atoms with E-state index in [2.05, 4.69) is 36.2 Å². The zero-order chi connectivity index (χ0) is 21.1. The molecule has 0 saturated heterocycles. The number of allylic oxidation sites excluding steroid dienone is 1. The summed E-state index contributed by atoms with van der Waals surface area (Å²) in [5.41, 5.74) is 5.44. The third kappa shape index (κ3) is 4.12. The first-order valence-corrected chi connectivity index (χ1v) is 11.1. The zero-order valence-corrected chi connectivity index (χ0v) is 18.4. The second-order valence-electron chi connectivity index (χ2n) is 7.96. The molecular weight excluding hydrogens is 392 g/mol. The molecule has 5 heteroatoms. The normalized spacial score (nSPS) is 18.9. The van der Waals surface area contributed by atoms with Crippen LogP contribution < -0.4 is 10.1 Å². The molecule has 0 saturated carbocycles. The molecule has 0 spiro atoms. The highest BCUT2D eigenvalue weighted by atomic mass is 32.1. The van der Waals surface area contributed by atoms with Gasteiger partial charge in [0.15, 0.2) is 10.9 Å². The van der Waals surface area contributed by atoms with Crippen LogP contribution in [-0.2, 0) is 11.4 Å². The Morgan fingerprint density at radius 1 is 1.13 bits per heavy atom. The van der Waals surface area contributed by atoms with E-state index in [0.717, 1.165) is 53.5 Å². The SMILES string of the molecule is CCCN1C(=S)NC(c2ccc(OCc3ccccc3C)cc2)C2=C1CCCC2=O. The predicted octanol–water partition coefficient (Wildman–Crippen LogP) is 5.22. The molecule has 4 nitrogen and oxygen atoms in total. The largest absolute Gasteiger partial charge is 0.489 e. The van der Waals surface area contributed by atoms with Crippen molar-refractivity contribution in [2.75, 3.05) is 6.54 Å². The minimum absolute atomic E-state index is 0.182. The van der Waals surface area contributed by atoms with E-state index in [9.17, 15) is 4.79 Å². The number of hydrogen-bond donors (Lipinski definition) is 1. The van der Waals surface area contributed by atoms with Gasteiger partial charge in [-0.25, -0.2) is 0 Å². The number of nitrogens with one attached hydrogen (secondary N) is 1. The van der Waals surface area contributed by atoms with Gasteiger partial charge in [-0.3, -0.25) is 4.79 Å². The first-order chi connectivity index (χ1) is 14.6. The lowest BCUT2D eigenvalue weighted by Crippen LogP contribution is -2.49. The number of nitrogens with zero attached hydrogens (tertiary/aromatic N) is 1. The van der Waals surface area contributed by atoms with Crippen LogP contribution in [0.5, 0.6) is 5.75 Å². The summed E-state index contributed by atoms with van der Waals surface area (Å²) < 4.78 is 5.98. The summed E-state index contributed by atoms with van der Waals surface area (Å²) in [4.78, 5) is 15.0. The number of aryl methyl sites for hydroxylation is 1. The Kier molecular flexibility index (Phi) is 6.18. The van der Waals surface area contributed by atoms with Gasteiger partial charge in [-0.2, -0.15) is 0 Å². The van der Waals surface area contributed by atoms with Crippen LogP contribution in [0.1, 0.15) is 55.3 Å². The standard InChI is InChI=1S/C25H28N2O2S/c1-3-15-27-21-9-6-10-22(28)23(21)24(26-25(27)30)18-11-13-20(14-12-18)29-16-19-8-5-4-7-17(19)2/h4-5,7-8,11-14,24H,3,6,9-10,15-16H2,1-2H3,(H,26,30). The molecule has 4 rings (SSSR count). The molecule has 30 heavy (non-hydrogen) atoms. The van der Waals surface area contributed by atoms with Gasteiger partial charge in [0, 0.05) is 24.2 Å². The van der Waals surface area contributed by atoms with Gasteiger partial charge in [0.1, 0.15) is 12.4 Å². The lowest BCUT2D eigenvalue weighted by Gasteiger charge is -2.41. The van der Waals surface area contributed by atoms with Gasteiger partial charge in [-0.1, -0.05) is 43.3 Å². The topological polar surface area (TPSA) is 41.6 Å². The zero-order valence-electron chi connectivity index (χ0n) is 17.6. The molecule has 1 unspecified atom stereocenters. The molecule has 1 N–H and O–H groups in total. The van der Waals surface area contributed by atoms with E-state index in [4.69, 9.17) is 17.0 Å². The van der Waals surface area contributed by atoms with Crippen LogP contribution in [0.4, 0.5) is 0 Å². The highest BCUT2D eigenvalue weighted by Crippen LogP contribution is 2.37. The van der Waals surface area contributed by atoms with E-state index in [1.807, 2.05) is 36.4 Å². The number of ether oxygens (including phenoxy) is 1. The van der Waals surface area contributed by atoms with E-state index >= 15 is 0 Å². The molecule has 0 fully saturated rings. The number of carbonyl (C=O) groups excluding carboxylic acids is 1. The van der Waals surface area contributed by atoms with Crippen molar-refractivity contribution < 1.29 is 9.53 Å². The molecule has 156 valence electrons. The van der Waals surface area contributed by atoms with Crippen LogP contribution in [0.15, 0.2) is 59.8 Å². The summed E-state index contributed by atoms with van der Waals surface area (Å²) in [6.45, 7) is 5.61. The Morgan fingerprint density at radius 2 is 1.90 bits per heavy atom. The minimum atomic E-state index is -0.182. The number of ketones is 1. The first-order valence-electron chi connectivity index (χ1n) is 10.7. The van der Waals surface area contributed by atoms with Crippen molar-refractivity contribution in [1.82, 2.24) is 10.2 Å². The minimum Gasteiger partial charge on any atom is -0.489 e.